The van der Waals surface area contributed by atoms with Gasteiger partial charge >= 0.3 is 0 Å². The third kappa shape index (κ3) is 2.94. The second kappa shape index (κ2) is 5.30. The lowest BCUT2D eigenvalue weighted by Crippen LogP contribution is -1.96. The lowest BCUT2D eigenvalue weighted by atomic mass is 10.1. The van der Waals surface area contributed by atoms with Crippen LogP contribution in [0.5, 0.6) is 11.5 Å². The van der Waals surface area contributed by atoms with E-state index in [1.54, 1.807) is 6.07 Å². The maximum absolute atomic E-state index is 11.6. The summed E-state index contributed by atoms with van der Waals surface area (Å²) >= 11 is 0. The molecule has 2 rings (SSSR count). The van der Waals surface area contributed by atoms with Crippen molar-refractivity contribution in [1.82, 2.24) is 0 Å². The smallest absolute Gasteiger partial charge is 0.162 e. The second-order valence-electron chi connectivity index (χ2n) is 3.72. The zero-order valence-electron chi connectivity index (χ0n) is 9.72. The van der Waals surface area contributed by atoms with Gasteiger partial charge in [-0.2, -0.15) is 0 Å². The van der Waals surface area contributed by atoms with Gasteiger partial charge in [-0.05, 0) is 24.3 Å². The Hall–Kier alpha value is -2.09. The number of hydrogen-bond donors (Lipinski definition) is 0. The van der Waals surface area contributed by atoms with Gasteiger partial charge in [-0.3, -0.25) is 4.79 Å². The van der Waals surface area contributed by atoms with E-state index in [2.05, 4.69) is 0 Å². The fourth-order valence-electron chi connectivity index (χ4n) is 1.56. The van der Waals surface area contributed by atoms with Crippen molar-refractivity contribution in [3.63, 3.8) is 0 Å². The summed E-state index contributed by atoms with van der Waals surface area (Å²) in [5, 5.41) is 0. The Kier molecular flexibility index (Phi) is 3.55. The highest BCUT2D eigenvalue weighted by Crippen LogP contribution is 2.22. The minimum atomic E-state index is 0.128. The molecule has 0 bridgehead atoms. The highest BCUT2D eigenvalue weighted by atomic mass is 16.5. The Bertz CT molecular complexity index is 503. The van der Waals surface area contributed by atoms with E-state index in [1.807, 2.05) is 55.5 Å². The van der Waals surface area contributed by atoms with Crippen LogP contribution in [0.4, 0.5) is 0 Å². The molecule has 0 aliphatic heterocycles. The molecule has 0 spiro atoms. The average Bonchev–Trinajstić information content (AvgIpc) is 2.39. The van der Waals surface area contributed by atoms with Crippen molar-refractivity contribution >= 4 is 5.78 Å². The van der Waals surface area contributed by atoms with Gasteiger partial charge in [-0.25, -0.2) is 0 Å². The van der Waals surface area contributed by atoms with Crippen LogP contribution in [0.2, 0.25) is 0 Å². The molecule has 0 radical (unpaired) electrons. The third-order valence-electron chi connectivity index (χ3n) is 2.46. The number of carbonyl (C=O) groups excluding carboxylic acids is 1. The van der Waals surface area contributed by atoms with Crippen LogP contribution in [0.15, 0.2) is 54.6 Å². The first-order chi connectivity index (χ1) is 8.29. The number of carbonyl (C=O) groups is 1. The second-order valence-corrected chi connectivity index (χ2v) is 3.72. The Morgan fingerprint density at radius 1 is 1.00 bits per heavy atom. The summed E-state index contributed by atoms with van der Waals surface area (Å²) in [7, 11) is 0. The lowest BCUT2D eigenvalue weighted by molar-refractivity contribution is 0.0988. The predicted molar refractivity (Wildman–Crippen MR) is 67.6 cm³/mol. The molecule has 86 valence electrons. The quantitative estimate of drug-likeness (QED) is 0.734. The van der Waals surface area contributed by atoms with E-state index < -0.39 is 0 Å². The normalized spacial score (nSPS) is 9.94. The van der Waals surface area contributed by atoms with E-state index in [9.17, 15) is 4.79 Å². The number of para-hydroxylation sites is 1. The van der Waals surface area contributed by atoms with Gasteiger partial charge in [0.1, 0.15) is 11.5 Å². The minimum absolute atomic E-state index is 0.128. The topological polar surface area (TPSA) is 26.3 Å². The van der Waals surface area contributed by atoms with Gasteiger partial charge in [0.25, 0.3) is 0 Å². The monoisotopic (exact) mass is 226 g/mol. The SMILES string of the molecule is CCC(=O)c1cccc(Oc2ccccc2)c1. The predicted octanol–water partition coefficient (Wildman–Crippen LogP) is 4.07. The van der Waals surface area contributed by atoms with Crippen molar-refractivity contribution in [2.45, 2.75) is 13.3 Å². The van der Waals surface area contributed by atoms with Crippen LogP contribution in [0.25, 0.3) is 0 Å². The lowest BCUT2D eigenvalue weighted by Gasteiger charge is -2.06. The summed E-state index contributed by atoms with van der Waals surface area (Å²) < 4.78 is 5.66. The van der Waals surface area contributed by atoms with Crippen LogP contribution in [0.3, 0.4) is 0 Å². The molecule has 0 heterocycles. The first-order valence-corrected chi connectivity index (χ1v) is 5.66. The first-order valence-electron chi connectivity index (χ1n) is 5.66. The largest absolute Gasteiger partial charge is 0.457 e. The summed E-state index contributed by atoms with van der Waals surface area (Å²) in [5.41, 5.74) is 0.695. The van der Waals surface area contributed by atoms with Crippen LogP contribution in [0, 0.1) is 0 Å². The number of Topliss-reactive ketones (excluding diaryl/α,β-unsaturated/α-hetero) is 1. The fraction of sp³-hybridized carbons (Fsp3) is 0.133. The molecule has 2 aromatic carbocycles. The van der Waals surface area contributed by atoms with Crippen molar-refractivity contribution in [1.29, 1.82) is 0 Å². The highest BCUT2D eigenvalue weighted by Gasteiger charge is 2.04. The average molecular weight is 226 g/mol. The summed E-state index contributed by atoms with van der Waals surface area (Å²) in [5.74, 6) is 1.59. The highest BCUT2D eigenvalue weighted by molar-refractivity contribution is 5.96. The maximum Gasteiger partial charge on any atom is 0.162 e. The first kappa shape index (κ1) is 11.4. The van der Waals surface area contributed by atoms with Crippen LogP contribution < -0.4 is 4.74 Å². The van der Waals surface area contributed by atoms with Crippen LogP contribution in [-0.2, 0) is 0 Å². The van der Waals surface area contributed by atoms with Crippen molar-refractivity contribution in [2.24, 2.45) is 0 Å². The van der Waals surface area contributed by atoms with Gasteiger partial charge in [0.05, 0.1) is 0 Å². The van der Waals surface area contributed by atoms with E-state index in [0.29, 0.717) is 17.7 Å². The molecular weight excluding hydrogens is 212 g/mol. The van der Waals surface area contributed by atoms with Gasteiger partial charge in [-0.1, -0.05) is 37.3 Å². The maximum atomic E-state index is 11.6. The number of benzene rings is 2. The van der Waals surface area contributed by atoms with Gasteiger partial charge in [0, 0.05) is 12.0 Å². The third-order valence-corrected chi connectivity index (χ3v) is 2.46. The Morgan fingerprint density at radius 2 is 1.71 bits per heavy atom. The van der Waals surface area contributed by atoms with Crippen molar-refractivity contribution in [2.75, 3.05) is 0 Å². The Labute approximate surface area is 101 Å². The van der Waals surface area contributed by atoms with Crippen LogP contribution in [-0.4, -0.2) is 5.78 Å². The molecule has 0 unspecified atom stereocenters. The number of hydrogen-bond acceptors (Lipinski definition) is 2. The molecule has 2 heteroatoms. The summed E-state index contributed by atoms with van der Waals surface area (Å²) in [6.07, 6.45) is 0.509. The van der Waals surface area contributed by atoms with Crippen LogP contribution >= 0.6 is 0 Å². The zero-order valence-corrected chi connectivity index (χ0v) is 9.72. The van der Waals surface area contributed by atoms with Crippen molar-refractivity contribution in [3.8, 4) is 11.5 Å². The standard InChI is InChI=1S/C15H14O2/c1-2-15(16)12-7-6-10-14(11-12)17-13-8-4-3-5-9-13/h3-11H,2H2,1H3. The van der Waals surface area contributed by atoms with Crippen molar-refractivity contribution in [3.05, 3.63) is 60.2 Å². The van der Waals surface area contributed by atoms with Crippen LogP contribution in [0.1, 0.15) is 23.7 Å². The molecule has 0 amide bonds. The molecular formula is C15H14O2. The fourth-order valence-corrected chi connectivity index (χ4v) is 1.56. The van der Waals surface area contributed by atoms with Gasteiger partial charge in [0.2, 0.25) is 0 Å². The number of rotatable bonds is 4. The minimum Gasteiger partial charge on any atom is -0.457 e. The Balaban J connectivity index is 2.20. The van der Waals surface area contributed by atoms with Crippen molar-refractivity contribution < 1.29 is 9.53 Å². The molecule has 2 nitrogen and oxygen atoms in total. The summed E-state index contributed by atoms with van der Waals surface area (Å²) in [6, 6.07) is 16.8. The molecule has 0 aliphatic rings. The summed E-state index contributed by atoms with van der Waals surface area (Å²) in [4.78, 5) is 11.6. The van der Waals surface area contributed by atoms with Gasteiger partial charge < -0.3 is 4.74 Å². The molecule has 17 heavy (non-hydrogen) atoms. The Morgan fingerprint density at radius 3 is 2.41 bits per heavy atom. The summed E-state index contributed by atoms with van der Waals surface area (Å²) in [6.45, 7) is 1.85. The number of ether oxygens (including phenoxy) is 1. The molecule has 0 atom stereocenters. The van der Waals surface area contributed by atoms with E-state index in [-0.39, 0.29) is 5.78 Å². The molecule has 0 fully saturated rings. The number of ketones is 1. The van der Waals surface area contributed by atoms with E-state index in [0.717, 1.165) is 5.75 Å². The van der Waals surface area contributed by atoms with Gasteiger partial charge in [-0.15, -0.1) is 0 Å². The zero-order chi connectivity index (χ0) is 12.1. The molecule has 0 aliphatic carbocycles. The van der Waals surface area contributed by atoms with Gasteiger partial charge in [0.15, 0.2) is 5.78 Å². The molecule has 2 aromatic rings. The molecule has 0 saturated carbocycles. The van der Waals surface area contributed by atoms with E-state index in [1.165, 1.54) is 0 Å². The molecule has 0 saturated heterocycles. The van der Waals surface area contributed by atoms with E-state index >= 15 is 0 Å². The van der Waals surface area contributed by atoms with E-state index in [4.69, 9.17) is 4.74 Å². The molecule has 0 N–H and O–H groups in total. The molecule has 0 aromatic heterocycles.